The fourth-order valence-electron chi connectivity index (χ4n) is 3.56. The zero-order valence-electron chi connectivity index (χ0n) is 16.0. The first-order valence-electron chi connectivity index (χ1n) is 9.39. The van der Waals surface area contributed by atoms with E-state index in [2.05, 4.69) is 5.32 Å². The van der Waals surface area contributed by atoms with Crippen LogP contribution in [-0.4, -0.2) is 42.7 Å². The summed E-state index contributed by atoms with van der Waals surface area (Å²) in [5.74, 6) is -0.327. The molecule has 1 aliphatic heterocycles. The van der Waals surface area contributed by atoms with Gasteiger partial charge in [0.1, 0.15) is 4.21 Å². The zero-order valence-corrected chi connectivity index (χ0v) is 17.7. The number of benzene rings is 1. The van der Waals surface area contributed by atoms with Crippen LogP contribution in [0.5, 0.6) is 0 Å². The molecule has 29 heavy (non-hydrogen) atoms. The normalized spacial score (nSPS) is 17.8. The summed E-state index contributed by atoms with van der Waals surface area (Å²) in [5.41, 5.74) is 0.737. The van der Waals surface area contributed by atoms with Crippen molar-refractivity contribution in [2.45, 2.75) is 42.9 Å². The van der Waals surface area contributed by atoms with E-state index >= 15 is 0 Å². The predicted octanol–water partition coefficient (Wildman–Crippen LogP) is 3.33. The molecule has 0 spiro atoms. The number of nitrogens with zero attached hydrogens (tertiary/aromatic N) is 2. The Morgan fingerprint density at radius 2 is 2.14 bits per heavy atom. The number of carbonyl (C=O) groups is 1. The summed E-state index contributed by atoms with van der Waals surface area (Å²) < 4.78 is 27.7. The first-order valence-corrected chi connectivity index (χ1v) is 11.7. The number of sulfonamides is 1. The molecule has 1 N–H and O–H groups in total. The van der Waals surface area contributed by atoms with Gasteiger partial charge < -0.3 is 5.32 Å². The number of nitro groups is 1. The van der Waals surface area contributed by atoms with Gasteiger partial charge >= 0.3 is 0 Å². The predicted molar refractivity (Wildman–Crippen MR) is 111 cm³/mol. The molecule has 1 saturated heterocycles. The summed E-state index contributed by atoms with van der Waals surface area (Å²) in [4.78, 5) is 22.8. The van der Waals surface area contributed by atoms with E-state index in [0.29, 0.717) is 34.8 Å². The third-order valence-corrected chi connectivity index (χ3v) is 8.37. The number of hydrogen-bond donors (Lipinski definition) is 1. The van der Waals surface area contributed by atoms with Crippen molar-refractivity contribution in [3.8, 4) is 0 Å². The molecule has 1 amide bonds. The second kappa shape index (κ2) is 9.02. The minimum absolute atomic E-state index is 0.0295. The van der Waals surface area contributed by atoms with Crippen LogP contribution in [0.1, 0.15) is 41.6 Å². The van der Waals surface area contributed by atoms with Gasteiger partial charge in [-0.25, -0.2) is 8.42 Å². The van der Waals surface area contributed by atoms with Crippen molar-refractivity contribution in [3.05, 3.63) is 57.0 Å². The third kappa shape index (κ3) is 4.82. The van der Waals surface area contributed by atoms with Crippen LogP contribution < -0.4 is 5.32 Å². The molecule has 1 aromatic carbocycles. The van der Waals surface area contributed by atoms with Crippen LogP contribution >= 0.6 is 11.3 Å². The Balaban J connectivity index is 1.62. The van der Waals surface area contributed by atoms with E-state index in [1.54, 1.807) is 28.7 Å². The van der Waals surface area contributed by atoms with Gasteiger partial charge in [0.25, 0.3) is 21.6 Å². The molecule has 10 heteroatoms. The topological polar surface area (TPSA) is 110 Å². The number of rotatable bonds is 7. The van der Waals surface area contributed by atoms with Crippen molar-refractivity contribution in [3.63, 3.8) is 0 Å². The van der Waals surface area contributed by atoms with Gasteiger partial charge in [-0.15, -0.1) is 11.3 Å². The maximum atomic E-state index is 12.9. The molecule has 1 fully saturated rings. The van der Waals surface area contributed by atoms with E-state index in [-0.39, 0.29) is 17.6 Å². The van der Waals surface area contributed by atoms with E-state index in [1.807, 2.05) is 0 Å². The lowest BCUT2D eigenvalue weighted by Crippen LogP contribution is -2.44. The van der Waals surface area contributed by atoms with E-state index in [0.717, 1.165) is 19.3 Å². The van der Waals surface area contributed by atoms with Crippen LogP contribution in [0, 0.1) is 17.0 Å². The second-order valence-electron chi connectivity index (χ2n) is 7.00. The number of piperidine rings is 1. The highest BCUT2D eigenvalue weighted by Crippen LogP contribution is 2.29. The minimum atomic E-state index is -3.51. The maximum absolute atomic E-state index is 12.9. The lowest BCUT2D eigenvalue weighted by Gasteiger charge is -2.34. The van der Waals surface area contributed by atoms with Crippen molar-refractivity contribution in [2.24, 2.45) is 0 Å². The molecule has 1 aliphatic rings. The highest BCUT2D eigenvalue weighted by molar-refractivity contribution is 7.91. The number of amides is 1. The molecule has 2 aromatic rings. The molecule has 0 aliphatic carbocycles. The summed E-state index contributed by atoms with van der Waals surface area (Å²) in [6, 6.07) is 7.42. The van der Waals surface area contributed by atoms with Gasteiger partial charge in [-0.05, 0) is 49.8 Å². The van der Waals surface area contributed by atoms with Gasteiger partial charge in [-0.3, -0.25) is 14.9 Å². The number of carbonyl (C=O) groups excluding carboxylic acids is 1. The molecule has 0 radical (unpaired) electrons. The number of hydrogen-bond acceptors (Lipinski definition) is 6. The van der Waals surface area contributed by atoms with Crippen LogP contribution in [0.2, 0.25) is 0 Å². The van der Waals surface area contributed by atoms with Crippen LogP contribution in [0.25, 0.3) is 0 Å². The van der Waals surface area contributed by atoms with Crippen molar-refractivity contribution >= 4 is 33.0 Å². The molecule has 1 aromatic heterocycles. The summed E-state index contributed by atoms with van der Waals surface area (Å²) >= 11 is 1.21. The van der Waals surface area contributed by atoms with Gasteiger partial charge in [0.15, 0.2) is 0 Å². The standard InChI is InChI=1S/C19H23N3O5S2/c1-14-13-15(7-8-17(14)22(24)25)19(23)20-10-9-16-5-2-3-11-21(16)29(26,27)18-6-4-12-28-18/h4,6-8,12-13,16H,2-3,5,9-11H2,1H3,(H,20,23). The smallest absolute Gasteiger partial charge is 0.272 e. The van der Waals surface area contributed by atoms with E-state index < -0.39 is 14.9 Å². The summed E-state index contributed by atoms with van der Waals surface area (Å²) in [5, 5.41) is 15.4. The number of nitrogens with one attached hydrogen (secondary N) is 1. The average Bonchev–Trinajstić information content (AvgIpc) is 3.23. The molecule has 0 bridgehead atoms. The minimum Gasteiger partial charge on any atom is -0.352 e. The van der Waals surface area contributed by atoms with E-state index in [1.165, 1.54) is 29.5 Å². The Bertz CT molecular complexity index is 989. The molecular formula is C19H23N3O5S2. The highest BCUT2D eigenvalue weighted by atomic mass is 32.2. The largest absolute Gasteiger partial charge is 0.352 e. The first-order chi connectivity index (χ1) is 13.8. The summed E-state index contributed by atoms with van der Waals surface area (Å²) in [7, 11) is -3.51. The molecule has 3 rings (SSSR count). The summed E-state index contributed by atoms with van der Waals surface area (Å²) in [6.07, 6.45) is 3.06. The Labute approximate surface area is 173 Å². The fraction of sp³-hybridized carbons (Fsp3) is 0.421. The SMILES string of the molecule is Cc1cc(C(=O)NCCC2CCCCN2S(=O)(=O)c2cccs2)ccc1[N+](=O)[O-]. The van der Waals surface area contributed by atoms with Gasteiger partial charge in [0, 0.05) is 36.3 Å². The van der Waals surface area contributed by atoms with E-state index in [9.17, 15) is 23.3 Å². The van der Waals surface area contributed by atoms with E-state index in [4.69, 9.17) is 0 Å². The molecule has 1 atom stereocenters. The fourth-order valence-corrected chi connectivity index (χ4v) is 6.40. The van der Waals surface area contributed by atoms with Gasteiger partial charge in [0.05, 0.1) is 4.92 Å². The Morgan fingerprint density at radius 1 is 1.34 bits per heavy atom. The van der Waals surface area contributed by atoms with Crippen molar-refractivity contribution in [2.75, 3.05) is 13.1 Å². The number of thiophene rings is 1. The van der Waals surface area contributed by atoms with Crippen LogP contribution in [-0.2, 0) is 10.0 Å². The Hall–Kier alpha value is -2.30. The maximum Gasteiger partial charge on any atom is 0.272 e. The van der Waals surface area contributed by atoms with Crippen LogP contribution in [0.15, 0.2) is 39.9 Å². The number of aryl methyl sites for hydroxylation is 1. The molecule has 1 unspecified atom stereocenters. The quantitative estimate of drug-likeness (QED) is 0.528. The average molecular weight is 438 g/mol. The van der Waals surface area contributed by atoms with Gasteiger partial charge in [-0.1, -0.05) is 12.5 Å². The van der Waals surface area contributed by atoms with Gasteiger partial charge in [-0.2, -0.15) is 4.31 Å². The lowest BCUT2D eigenvalue weighted by molar-refractivity contribution is -0.385. The molecule has 156 valence electrons. The van der Waals surface area contributed by atoms with Crippen molar-refractivity contribution in [1.29, 1.82) is 0 Å². The number of nitro benzene ring substituents is 1. The first kappa shape index (κ1) is 21.4. The summed E-state index contributed by atoms with van der Waals surface area (Å²) in [6.45, 7) is 2.40. The molecule has 8 nitrogen and oxygen atoms in total. The molecule has 2 heterocycles. The van der Waals surface area contributed by atoms with Crippen molar-refractivity contribution < 1.29 is 18.1 Å². The molecular weight excluding hydrogens is 414 g/mol. The Morgan fingerprint density at radius 3 is 2.79 bits per heavy atom. The van der Waals surface area contributed by atoms with Crippen LogP contribution in [0.3, 0.4) is 0 Å². The lowest BCUT2D eigenvalue weighted by atomic mass is 10.0. The third-order valence-electron chi connectivity index (χ3n) is 5.05. The highest BCUT2D eigenvalue weighted by Gasteiger charge is 2.33. The molecule has 0 saturated carbocycles. The zero-order chi connectivity index (χ0) is 21.0. The van der Waals surface area contributed by atoms with Gasteiger partial charge in [0.2, 0.25) is 0 Å². The Kier molecular flexibility index (Phi) is 6.66. The second-order valence-corrected chi connectivity index (χ2v) is 10.1. The monoisotopic (exact) mass is 437 g/mol. The van der Waals surface area contributed by atoms with Crippen LogP contribution in [0.4, 0.5) is 5.69 Å². The van der Waals surface area contributed by atoms with Crippen molar-refractivity contribution in [1.82, 2.24) is 9.62 Å².